The number of para-hydroxylation sites is 1. The van der Waals surface area contributed by atoms with Gasteiger partial charge in [0.25, 0.3) is 5.91 Å². The van der Waals surface area contributed by atoms with Crippen LogP contribution in [0, 0.1) is 5.82 Å². The Morgan fingerprint density at radius 3 is 2.68 bits per heavy atom. The lowest BCUT2D eigenvalue weighted by molar-refractivity contribution is 0.102. The Morgan fingerprint density at radius 1 is 1.21 bits per heavy atom. The van der Waals surface area contributed by atoms with Crippen LogP contribution >= 0.6 is 15.9 Å². The second-order valence-corrected chi connectivity index (χ2v) is 4.66. The van der Waals surface area contributed by atoms with Crippen molar-refractivity contribution >= 4 is 27.5 Å². The molecule has 5 heteroatoms. The minimum atomic E-state index is -0.497. The van der Waals surface area contributed by atoms with Gasteiger partial charge in [0.05, 0.1) is 16.6 Å². The van der Waals surface area contributed by atoms with Crippen molar-refractivity contribution in [3.63, 3.8) is 0 Å². The summed E-state index contributed by atoms with van der Waals surface area (Å²) in [6.45, 7) is -0.180. The topological polar surface area (TPSA) is 49.3 Å². The average molecular weight is 324 g/mol. The van der Waals surface area contributed by atoms with Crippen LogP contribution in [0.5, 0.6) is 0 Å². The molecule has 2 N–H and O–H groups in total. The van der Waals surface area contributed by atoms with E-state index in [9.17, 15) is 14.3 Å². The molecule has 0 heterocycles. The van der Waals surface area contributed by atoms with Crippen molar-refractivity contribution in [2.24, 2.45) is 0 Å². The van der Waals surface area contributed by atoms with Crippen LogP contribution in [0.1, 0.15) is 15.9 Å². The van der Waals surface area contributed by atoms with Crippen LogP contribution in [0.4, 0.5) is 10.1 Å². The standard InChI is InChI=1S/C14H11BrFNO2/c15-13-10(5-3-6-11(13)16)14(19)17-12-7-2-1-4-9(12)8-18/h1-7,18H,8H2,(H,17,19). The van der Waals surface area contributed by atoms with Gasteiger partial charge in [0.1, 0.15) is 5.82 Å². The van der Waals surface area contributed by atoms with E-state index in [1.54, 1.807) is 24.3 Å². The van der Waals surface area contributed by atoms with Crippen LogP contribution in [0.3, 0.4) is 0 Å². The zero-order chi connectivity index (χ0) is 13.8. The van der Waals surface area contributed by atoms with Gasteiger partial charge in [-0.25, -0.2) is 4.39 Å². The summed E-state index contributed by atoms with van der Waals surface area (Å²) in [5.74, 6) is -0.935. The highest BCUT2D eigenvalue weighted by atomic mass is 79.9. The quantitative estimate of drug-likeness (QED) is 0.910. The molecule has 0 radical (unpaired) electrons. The number of carbonyl (C=O) groups excluding carboxylic acids is 1. The number of anilines is 1. The molecule has 3 nitrogen and oxygen atoms in total. The zero-order valence-corrected chi connectivity index (χ0v) is 11.4. The predicted molar refractivity (Wildman–Crippen MR) is 74.4 cm³/mol. The number of nitrogens with one attached hydrogen (secondary N) is 1. The molecule has 0 saturated carbocycles. The molecular formula is C14H11BrFNO2. The van der Waals surface area contributed by atoms with E-state index >= 15 is 0 Å². The molecule has 0 spiro atoms. The van der Waals surface area contributed by atoms with E-state index in [1.165, 1.54) is 18.2 Å². The fourth-order valence-corrected chi connectivity index (χ4v) is 2.09. The smallest absolute Gasteiger partial charge is 0.256 e. The highest BCUT2D eigenvalue weighted by Gasteiger charge is 2.14. The summed E-state index contributed by atoms with van der Waals surface area (Å²) in [7, 11) is 0. The number of rotatable bonds is 3. The van der Waals surface area contributed by atoms with Gasteiger partial charge in [-0.2, -0.15) is 0 Å². The highest BCUT2D eigenvalue weighted by Crippen LogP contribution is 2.22. The van der Waals surface area contributed by atoms with E-state index < -0.39 is 11.7 Å². The van der Waals surface area contributed by atoms with Gasteiger partial charge in [-0.3, -0.25) is 4.79 Å². The molecule has 19 heavy (non-hydrogen) atoms. The molecule has 0 atom stereocenters. The van der Waals surface area contributed by atoms with E-state index in [4.69, 9.17) is 0 Å². The van der Waals surface area contributed by atoms with Gasteiger partial charge in [0, 0.05) is 11.3 Å². The van der Waals surface area contributed by atoms with Crippen molar-refractivity contribution in [3.05, 3.63) is 63.9 Å². The van der Waals surface area contributed by atoms with Crippen molar-refractivity contribution in [1.82, 2.24) is 0 Å². The summed E-state index contributed by atoms with van der Waals surface area (Å²) in [4.78, 5) is 12.1. The lowest BCUT2D eigenvalue weighted by Crippen LogP contribution is -2.14. The molecule has 0 aliphatic rings. The number of halogens is 2. The molecular weight excluding hydrogens is 313 g/mol. The molecule has 2 aromatic carbocycles. The summed E-state index contributed by atoms with van der Waals surface area (Å²) >= 11 is 3.04. The van der Waals surface area contributed by atoms with E-state index in [0.717, 1.165) is 0 Å². The largest absolute Gasteiger partial charge is 0.392 e. The minimum Gasteiger partial charge on any atom is -0.392 e. The maximum atomic E-state index is 13.4. The first-order valence-corrected chi connectivity index (χ1v) is 6.37. The van der Waals surface area contributed by atoms with Gasteiger partial charge < -0.3 is 10.4 Å². The van der Waals surface area contributed by atoms with Crippen molar-refractivity contribution in [2.45, 2.75) is 6.61 Å². The van der Waals surface area contributed by atoms with E-state index in [-0.39, 0.29) is 16.6 Å². The van der Waals surface area contributed by atoms with Crippen molar-refractivity contribution in [2.75, 3.05) is 5.32 Å². The molecule has 2 aromatic rings. The third kappa shape index (κ3) is 3.00. The fraction of sp³-hybridized carbons (Fsp3) is 0.0714. The molecule has 2 rings (SSSR count). The minimum absolute atomic E-state index is 0.119. The maximum Gasteiger partial charge on any atom is 0.256 e. The second kappa shape index (κ2) is 5.95. The second-order valence-electron chi connectivity index (χ2n) is 3.87. The van der Waals surface area contributed by atoms with Crippen LogP contribution in [0.2, 0.25) is 0 Å². The summed E-state index contributed by atoms with van der Waals surface area (Å²) < 4.78 is 13.5. The predicted octanol–water partition coefficient (Wildman–Crippen LogP) is 3.33. The zero-order valence-electron chi connectivity index (χ0n) is 9.86. The SMILES string of the molecule is O=C(Nc1ccccc1CO)c1cccc(F)c1Br. The third-order valence-corrected chi connectivity index (χ3v) is 3.44. The number of aliphatic hydroxyl groups is 1. The lowest BCUT2D eigenvalue weighted by Gasteiger charge is -2.10. The Balaban J connectivity index is 2.28. The Labute approximate surface area is 118 Å². The van der Waals surface area contributed by atoms with Gasteiger partial charge in [-0.1, -0.05) is 24.3 Å². The first-order chi connectivity index (χ1) is 9.13. The number of amides is 1. The molecule has 0 aliphatic carbocycles. The number of aliphatic hydroxyl groups excluding tert-OH is 1. The normalized spacial score (nSPS) is 10.3. The van der Waals surface area contributed by atoms with Crippen LogP contribution in [-0.4, -0.2) is 11.0 Å². The monoisotopic (exact) mass is 323 g/mol. The van der Waals surface area contributed by atoms with Crippen LogP contribution in [0.15, 0.2) is 46.9 Å². The van der Waals surface area contributed by atoms with Gasteiger partial charge in [0.15, 0.2) is 0 Å². The molecule has 98 valence electrons. The third-order valence-electron chi connectivity index (χ3n) is 2.63. The number of hydrogen-bond acceptors (Lipinski definition) is 2. The fourth-order valence-electron chi connectivity index (χ4n) is 1.65. The van der Waals surface area contributed by atoms with Crippen LogP contribution in [0.25, 0.3) is 0 Å². The molecule has 0 aromatic heterocycles. The summed E-state index contributed by atoms with van der Waals surface area (Å²) in [6, 6.07) is 11.1. The number of benzene rings is 2. The molecule has 0 saturated heterocycles. The Hall–Kier alpha value is -1.72. The molecule has 0 aliphatic heterocycles. The molecule has 0 bridgehead atoms. The Morgan fingerprint density at radius 2 is 1.95 bits per heavy atom. The first kappa shape index (κ1) is 13.7. The van der Waals surface area contributed by atoms with E-state index in [1.807, 2.05) is 0 Å². The highest BCUT2D eigenvalue weighted by molar-refractivity contribution is 9.10. The maximum absolute atomic E-state index is 13.4. The van der Waals surface area contributed by atoms with E-state index in [2.05, 4.69) is 21.2 Å². The number of hydrogen-bond donors (Lipinski definition) is 2. The van der Waals surface area contributed by atoms with Gasteiger partial charge in [0.2, 0.25) is 0 Å². The summed E-state index contributed by atoms with van der Waals surface area (Å²) in [5, 5.41) is 11.8. The first-order valence-electron chi connectivity index (χ1n) is 5.57. The van der Waals surface area contributed by atoms with Gasteiger partial charge in [-0.05, 0) is 34.1 Å². The van der Waals surface area contributed by atoms with Gasteiger partial charge in [-0.15, -0.1) is 0 Å². The average Bonchev–Trinajstić information content (AvgIpc) is 2.42. The van der Waals surface area contributed by atoms with Crippen LogP contribution in [-0.2, 0) is 6.61 Å². The van der Waals surface area contributed by atoms with E-state index in [0.29, 0.717) is 11.3 Å². The Kier molecular flexibility index (Phi) is 4.29. The van der Waals surface area contributed by atoms with Crippen molar-refractivity contribution < 1.29 is 14.3 Å². The van der Waals surface area contributed by atoms with Crippen molar-refractivity contribution in [3.8, 4) is 0 Å². The molecule has 0 fully saturated rings. The number of carbonyl (C=O) groups is 1. The lowest BCUT2D eigenvalue weighted by atomic mass is 10.1. The van der Waals surface area contributed by atoms with Crippen LogP contribution < -0.4 is 5.32 Å². The molecule has 0 unspecified atom stereocenters. The Bertz CT molecular complexity index is 616. The summed E-state index contributed by atoms with van der Waals surface area (Å²) in [5.41, 5.74) is 1.31. The molecule has 1 amide bonds. The summed E-state index contributed by atoms with van der Waals surface area (Å²) in [6.07, 6.45) is 0. The van der Waals surface area contributed by atoms with Gasteiger partial charge >= 0.3 is 0 Å². The van der Waals surface area contributed by atoms with Crippen molar-refractivity contribution in [1.29, 1.82) is 0 Å².